The average Bonchev–Trinajstić information content (AvgIpc) is 2.26. The summed E-state index contributed by atoms with van der Waals surface area (Å²) in [5.41, 5.74) is 1.69. The molecular weight excluding hydrogens is 214 g/mol. The van der Waals surface area contributed by atoms with Gasteiger partial charge in [-0.15, -0.1) is 0 Å². The van der Waals surface area contributed by atoms with Crippen LogP contribution in [0.2, 0.25) is 5.02 Å². The predicted octanol–water partition coefficient (Wildman–Crippen LogP) is 2.01. The summed E-state index contributed by atoms with van der Waals surface area (Å²) in [5, 5.41) is 13.6. The molecule has 0 spiro atoms. The van der Waals surface area contributed by atoms with E-state index >= 15 is 0 Å². The Morgan fingerprint density at radius 2 is 2.33 bits per heavy atom. The quantitative estimate of drug-likeness (QED) is 0.771. The monoisotopic (exact) mass is 227 g/mol. The fraction of sp³-hybridized carbons (Fsp3) is 0.455. The van der Waals surface area contributed by atoms with E-state index < -0.39 is 0 Å². The SMILES string of the molecule is Cc1c(O)cc(C2COCCN2)cc1Cl. The molecule has 4 heteroatoms. The number of aromatic hydroxyl groups is 1. The first-order chi connectivity index (χ1) is 7.18. The van der Waals surface area contributed by atoms with E-state index in [1.807, 2.05) is 6.07 Å². The third kappa shape index (κ3) is 2.25. The lowest BCUT2D eigenvalue weighted by Gasteiger charge is -2.24. The molecule has 82 valence electrons. The molecule has 1 saturated heterocycles. The minimum atomic E-state index is 0.128. The average molecular weight is 228 g/mol. The van der Waals surface area contributed by atoms with Crippen molar-refractivity contribution in [2.45, 2.75) is 13.0 Å². The highest BCUT2D eigenvalue weighted by atomic mass is 35.5. The summed E-state index contributed by atoms with van der Waals surface area (Å²) in [4.78, 5) is 0. The third-order valence-electron chi connectivity index (χ3n) is 2.66. The second-order valence-corrected chi connectivity index (χ2v) is 4.14. The van der Waals surface area contributed by atoms with Crippen molar-refractivity contribution in [1.82, 2.24) is 5.32 Å². The van der Waals surface area contributed by atoms with Crippen LogP contribution in [-0.4, -0.2) is 24.9 Å². The van der Waals surface area contributed by atoms with Gasteiger partial charge in [0.25, 0.3) is 0 Å². The highest BCUT2D eigenvalue weighted by Crippen LogP contribution is 2.29. The van der Waals surface area contributed by atoms with Crippen molar-refractivity contribution < 1.29 is 9.84 Å². The minimum absolute atomic E-state index is 0.128. The summed E-state index contributed by atoms with van der Waals surface area (Å²) >= 11 is 6.01. The van der Waals surface area contributed by atoms with Crippen LogP contribution in [0.1, 0.15) is 17.2 Å². The molecule has 1 aliphatic rings. The fourth-order valence-corrected chi connectivity index (χ4v) is 1.89. The number of morpholine rings is 1. The van der Waals surface area contributed by atoms with Gasteiger partial charge in [0.1, 0.15) is 5.75 Å². The van der Waals surface area contributed by atoms with E-state index in [4.69, 9.17) is 16.3 Å². The molecule has 0 radical (unpaired) electrons. The van der Waals surface area contributed by atoms with E-state index in [0.717, 1.165) is 24.3 Å². The number of ether oxygens (including phenoxy) is 1. The fourth-order valence-electron chi connectivity index (χ4n) is 1.67. The maximum Gasteiger partial charge on any atom is 0.120 e. The second-order valence-electron chi connectivity index (χ2n) is 3.73. The molecule has 2 N–H and O–H groups in total. The first-order valence-electron chi connectivity index (χ1n) is 4.98. The third-order valence-corrected chi connectivity index (χ3v) is 3.06. The van der Waals surface area contributed by atoms with Gasteiger partial charge in [-0.1, -0.05) is 11.6 Å². The maximum absolute atomic E-state index is 9.66. The van der Waals surface area contributed by atoms with Crippen molar-refractivity contribution in [3.8, 4) is 5.75 Å². The lowest BCUT2D eigenvalue weighted by molar-refractivity contribution is 0.0768. The normalized spacial score (nSPS) is 21.6. The number of nitrogens with one attached hydrogen (secondary N) is 1. The van der Waals surface area contributed by atoms with Crippen LogP contribution in [0.5, 0.6) is 5.75 Å². The molecule has 1 aromatic rings. The molecule has 1 unspecified atom stereocenters. The summed E-state index contributed by atoms with van der Waals surface area (Å²) in [7, 11) is 0. The maximum atomic E-state index is 9.66. The van der Waals surface area contributed by atoms with Gasteiger partial charge in [-0.3, -0.25) is 0 Å². The van der Waals surface area contributed by atoms with Gasteiger partial charge in [0.2, 0.25) is 0 Å². The van der Waals surface area contributed by atoms with Gasteiger partial charge < -0.3 is 15.2 Å². The van der Waals surface area contributed by atoms with Crippen LogP contribution >= 0.6 is 11.6 Å². The van der Waals surface area contributed by atoms with E-state index in [1.165, 1.54) is 0 Å². The highest BCUT2D eigenvalue weighted by molar-refractivity contribution is 6.31. The highest BCUT2D eigenvalue weighted by Gasteiger charge is 2.17. The summed E-state index contributed by atoms with van der Waals surface area (Å²) in [6.07, 6.45) is 0. The van der Waals surface area contributed by atoms with E-state index in [1.54, 1.807) is 13.0 Å². The lowest BCUT2D eigenvalue weighted by Crippen LogP contribution is -2.34. The summed E-state index contributed by atoms with van der Waals surface area (Å²) in [6.45, 7) is 3.99. The van der Waals surface area contributed by atoms with E-state index in [2.05, 4.69) is 5.32 Å². The van der Waals surface area contributed by atoms with Crippen LogP contribution in [0.15, 0.2) is 12.1 Å². The zero-order valence-electron chi connectivity index (χ0n) is 8.59. The molecule has 0 aromatic heterocycles. The van der Waals surface area contributed by atoms with Crippen molar-refractivity contribution in [2.75, 3.05) is 19.8 Å². The summed E-state index contributed by atoms with van der Waals surface area (Å²) < 4.78 is 5.36. The topological polar surface area (TPSA) is 41.5 Å². The molecule has 1 aliphatic heterocycles. The Hall–Kier alpha value is -0.770. The second kappa shape index (κ2) is 4.39. The van der Waals surface area contributed by atoms with Crippen molar-refractivity contribution in [1.29, 1.82) is 0 Å². The van der Waals surface area contributed by atoms with E-state index in [-0.39, 0.29) is 11.8 Å². The van der Waals surface area contributed by atoms with Gasteiger partial charge in [-0.25, -0.2) is 0 Å². The van der Waals surface area contributed by atoms with Gasteiger partial charge in [0.15, 0.2) is 0 Å². The van der Waals surface area contributed by atoms with Gasteiger partial charge in [0.05, 0.1) is 19.3 Å². The van der Waals surface area contributed by atoms with E-state index in [0.29, 0.717) is 11.6 Å². The Labute approximate surface area is 94.0 Å². The zero-order chi connectivity index (χ0) is 10.8. The zero-order valence-corrected chi connectivity index (χ0v) is 9.34. The predicted molar refractivity (Wildman–Crippen MR) is 59.4 cm³/mol. The number of halogens is 1. The molecule has 1 aromatic carbocycles. The number of hydrogen-bond donors (Lipinski definition) is 2. The van der Waals surface area contributed by atoms with Crippen molar-refractivity contribution in [3.63, 3.8) is 0 Å². The van der Waals surface area contributed by atoms with Crippen LogP contribution in [0, 0.1) is 6.92 Å². The molecule has 0 saturated carbocycles. The molecule has 0 aliphatic carbocycles. The summed E-state index contributed by atoms with van der Waals surface area (Å²) in [6, 6.07) is 3.75. The van der Waals surface area contributed by atoms with Gasteiger partial charge in [-0.05, 0) is 24.6 Å². The van der Waals surface area contributed by atoms with Crippen molar-refractivity contribution in [2.24, 2.45) is 0 Å². The van der Waals surface area contributed by atoms with Gasteiger partial charge in [-0.2, -0.15) is 0 Å². The number of phenolic OH excluding ortho intramolecular Hbond substituents is 1. The molecular formula is C11H14ClNO2. The van der Waals surface area contributed by atoms with Crippen LogP contribution in [-0.2, 0) is 4.74 Å². The van der Waals surface area contributed by atoms with Crippen molar-refractivity contribution >= 4 is 11.6 Å². The van der Waals surface area contributed by atoms with Crippen LogP contribution < -0.4 is 5.32 Å². The first kappa shape index (κ1) is 10.7. The van der Waals surface area contributed by atoms with Gasteiger partial charge >= 0.3 is 0 Å². The molecule has 1 fully saturated rings. The van der Waals surface area contributed by atoms with E-state index in [9.17, 15) is 5.11 Å². The largest absolute Gasteiger partial charge is 0.508 e. The van der Waals surface area contributed by atoms with Crippen molar-refractivity contribution in [3.05, 3.63) is 28.3 Å². The Balaban J connectivity index is 2.27. The molecule has 3 nitrogen and oxygen atoms in total. The standard InChI is InChI=1S/C11H14ClNO2/c1-7-9(12)4-8(5-11(7)14)10-6-15-3-2-13-10/h4-5,10,13-14H,2-3,6H2,1H3. The number of phenols is 1. The Bertz CT molecular complexity index is 339. The van der Waals surface area contributed by atoms with Gasteiger partial charge in [0, 0.05) is 17.1 Å². The molecule has 0 amide bonds. The molecule has 2 rings (SSSR count). The Kier molecular flexibility index (Phi) is 3.14. The smallest absolute Gasteiger partial charge is 0.120 e. The molecule has 15 heavy (non-hydrogen) atoms. The number of rotatable bonds is 1. The van der Waals surface area contributed by atoms with Crippen LogP contribution in [0.4, 0.5) is 0 Å². The minimum Gasteiger partial charge on any atom is -0.508 e. The summed E-state index contributed by atoms with van der Waals surface area (Å²) in [5.74, 6) is 0.241. The Morgan fingerprint density at radius 3 is 2.93 bits per heavy atom. The molecule has 1 atom stereocenters. The lowest BCUT2D eigenvalue weighted by atomic mass is 10.0. The Morgan fingerprint density at radius 1 is 1.53 bits per heavy atom. The first-order valence-corrected chi connectivity index (χ1v) is 5.36. The van der Waals surface area contributed by atoms with Crippen LogP contribution in [0.3, 0.4) is 0 Å². The molecule has 0 bridgehead atoms. The molecule has 1 heterocycles. The number of benzene rings is 1. The number of hydrogen-bond acceptors (Lipinski definition) is 3. The van der Waals surface area contributed by atoms with Crippen LogP contribution in [0.25, 0.3) is 0 Å².